The minimum absolute atomic E-state index is 0.143. The number of amides is 1. The first-order valence-electron chi connectivity index (χ1n) is 9.54. The van der Waals surface area contributed by atoms with Crippen LogP contribution in [0.2, 0.25) is 0 Å². The first kappa shape index (κ1) is 18.3. The number of hydrogen-bond acceptors (Lipinski definition) is 3. The quantitative estimate of drug-likeness (QED) is 0.831. The standard InChI is InChI=1S/C20H29FN2O2/c21-18-9-4-8-17(12-18)13-22-15-20(25)10-5-11-23(19(20)24)14-16-6-2-1-3-7-16/h4,8-9,12,16,22,25H,1-3,5-7,10-11,13-15H2. The number of rotatable bonds is 6. The minimum atomic E-state index is -1.33. The monoisotopic (exact) mass is 348 g/mol. The SMILES string of the molecule is O=C1N(CC2CCCCC2)CCCC1(O)CNCc1cccc(F)c1. The molecular formula is C20H29FN2O2. The van der Waals surface area contributed by atoms with Crippen molar-refractivity contribution >= 4 is 5.91 Å². The van der Waals surface area contributed by atoms with Crippen molar-refractivity contribution in [3.05, 3.63) is 35.6 Å². The largest absolute Gasteiger partial charge is 0.379 e. The second-order valence-corrected chi connectivity index (χ2v) is 7.62. The molecule has 1 aromatic rings. The first-order valence-corrected chi connectivity index (χ1v) is 9.54. The maximum atomic E-state index is 13.2. The highest BCUT2D eigenvalue weighted by Gasteiger charge is 2.42. The molecule has 1 atom stereocenters. The fourth-order valence-corrected chi connectivity index (χ4v) is 4.15. The number of piperidine rings is 1. The summed E-state index contributed by atoms with van der Waals surface area (Å²) < 4.78 is 13.2. The topological polar surface area (TPSA) is 52.6 Å². The Morgan fingerprint density at radius 3 is 2.80 bits per heavy atom. The van der Waals surface area contributed by atoms with Crippen LogP contribution in [0.4, 0.5) is 4.39 Å². The van der Waals surface area contributed by atoms with E-state index in [1.54, 1.807) is 6.07 Å². The minimum Gasteiger partial charge on any atom is -0.379 e. The molecule has 1 aliphatic carbocycles. The molecule has 5 heteroatoms. The van der Waals surface area contributed by atoms with Gasteiger partial charge in [-0.15, -0.1) is 0 Å². The van der Waals surface area contributed by atoms with Gasteiger partial charge in [0.2, 0.25) is 0 Å². The summed E-state index contributed by atoms with van der Waals surface area (Å²) in [4.78, 5) is 14.7. The van der Waals surface area contributed by atoms with E-state index in [2.05, 4.69) is 5.32 Å². The normalized spacial score (nSPS) is 25.4. The first-order chi connectivity index (χ1) is 12.1. The van der Waals surface area contributed by atoms with Gasteiger partial charge in [0.05, 0.1) is 0 Å². The van der Waals surface area contributed by atoms with Crippen LogP contribution in [-0.4, -0.2) is 41.1 Å². The summed E-state index contributed by atoms with van der Waals surface area (Å²) in [7, 11) is 0. The number of likely N-dealkylation sites (tertiary alicyclic amines) is 1. The highest BCUT2D eigenvalue weighted by atomic mass is 19.1. The molecule has 0 aromatic heterocycles. The molecule has 2 aliphatic rings. The Labute approximate surface area is 149 Å². The Morgan fingerprint density at radius 1 is 1.24 bits per heavy atom. The maximum Gasteiger partial charge on any atom is 0.255 e. The summed E-state index contributed by atoms with van der Waals surface area (Å²) in [6.45, 7) is 2.19. The van der Waals surface area contributed by atoms with E-state index in [-0.39, 0.29) is 18.3 Å². The van der Waals surface area contributed by atoms with Crippen LogP contribution < -0.4 is 5.32 Å². The highest BCUT2D eigenvalue weighted by molar-refractivity contribution is 5.86. The molecule has 1 unspecified atom stereocenters. The van der Waals surface area contributed by atoms with Gasteiger partial charge in [0.15, 0.2) is 5.60 Å². The molecule has 2 N–H and O–H groups in total. The Morgan fingerprint density at radius 2 is 2.04 bits per heavy atom. The van der Waals surface area contributed by atoms with E-state index in [1.807, 2.05) is 11.0 Å². The van der Waals surface area contributed by atoms with E-state index in [0.29, 0.717) is 18.9 Å². The lowest BCUT2D eigenvalue weighted by molar-refractivity contribution is -0.157. The Kier molecular flexibility index (Phi) is 6.07. The molecule has 0 bridgehead atoms. The average Bonchev–Trinajstić information content (AvgIpc) is 2.60. The summed E-state index contributed by atoms with van der Waals surface area (Å²) in [5.41, 5.74) is -0.522. The third kappa shape index (κ3) is 4.79. The molecule has 4 nitrogen and oxygen atoms in total. The van der Waals surface area contributed by atoms with Crippen LogP contribution in [0.5, 0.6) is 0 Å². The van der Waals surface area contributed by atoms with Gasteiger partial charge in [-0.1, -0.05) is 31.4 Å². The van der Waals surface area contributed by atoms with Crippen molar-refractivity contribution in [1.29, 1.82) is 0 Å². The molecule has 1 aliphatic heterocycles. The zero-order chi connectivity index (χ0) is 17.7. The molecule has 0 spiro atoms. The van der Waals surface area contributed by atoms with Gasteiger partial charge < -0.3 is 15.3 Å². The van der Waals surface area contributed by atoms with Gasteiger partial charge in [0, 0.05) is 26.2 Å². The van der Waals surface area contributed by atoms with Crippen molar-refractivity contribution in [2.45, 2.75) is 57.1 Å². The predicted octanol–water partition coefficient (Wildman–Crippen LogP) is 2.85. The fourth-order valence-electron chi connectivity index (χ4n) is 4.15. The predicted molar refractivity (Wildman–Crippen MR) is 95.4 cm³/mol. The van der Waals surface area contributed by atoms with E-state index in [0.717, 1.165) is 25.1 Å². The van der Waals surface area contributed by atoms with Crippen molar-refractivity contribution in [2.24, 2.45) is 5.92 Å². The van der Waals surface area contributed by atoms with Crippen molar-refractivity contribution in [3.63, 3.8) is 0 Å². The van der Waals surface area contributed by atoms with Crippen LogP contribution in [0.25, 0.3) is 0 Å². The number of nitrogens with zero attached hydrogens (tertiary/aromatic N) is 1. The van der Waals surface area contributed by atoms with E-state index < -0.39 is 5.60 Å². The van der Waals surface area contributed by atoms with Crippen LogP contribution in [0.1, 0.15) is 50.5 Å². The molecule has 1 amide bonds. The van der Waals surface area contributed by atoms with Crippen LogP contribution in [0.3, 0.4) is 0 Å². The molecule has 3 rings (SSSR count). The van der Waals surface area contributed by atoms with Gasteiger partial charge in [-0.2, -0.15) is 0 Å². The smallest absolute Gasteiger partial charge is 0.255 e. The number of aliphatic hydroxyl groups is 1. The van der Waals surface area contributed by atoms with Crippen LogP contribution >= 0.6 is 0 Å². The number of carbonyl (C=O) groups excluding carboxylic acids is 1. The zero-order valence-corrected chi connectivity index (χ0v) is 14.8. The van der Waals surface area contributed by atoms with E-state index in [9.17, 15) is 14.3 Å². The Bertz CT molecular complexity index is 589. The molecule has 1 saturated heterocycles. The summed E-state index contributed by atoms with van der Waals surface area (Å²) in [6.07, 6.45) is 7.52. The van der Waals surface area contributed by atoms with Gasteiger partial charge in [-0.25, -0.2) is 4.39 Å². The lowest BCUT2D eigenvalue weighted by Crippen LogP contribution is -2.58. The molecule has 2 fully saturated rings. The van der Waals surface area contributed by atoms with Crippen LogP contribution in [-0.2, 0) is 11.3 Å². The lowest BCUT2D eigenvalue weighted by Gasteiger charge is -2.40. The van der Waals surface area contributed by atoms with Gasteiger partial charge in [-0.3, -0.25) is 4.79 Å². The van der Waals surface area contributed by atoms with Gasteiger partial charge in [0.25, 0.3) is 5.91 Å². The Balaban J connectivity index is 1.53. The fraction of sp³-hybridized carbons (Fsp3) is 0.650. The highest BCUT2D eigenvalue weighted by Crippen LogP contribution is 2.28. The van der Waals surface area contributed by atoms with Crippen LogP contribution in [0, 0.1) is 11.7 Å². The number of nitrogens with one attached hydrogen (secondary N) is 1. The average molecular weight is 348 g/mol. The molecular weight excluding hydrogens is 319 g/mol. The summed E-state index contributed by atoms with van der Waals surface area (Å²) in [6, 6.07) is 6.37. The van der Waals surface area contributed by atoms with Crippen molar-refractivity contribution in [1.82, 2.24) is 10.2 Å². The second-order valence-electron chi connectivity index (χ2n) is 7.62. The summed E-state index contributed by atoms with van der Waals surface area (Å²) in [5.74, 6) is 0.168. The maximum absolute atomic E-state index is 13.2. The Hall–Kier alpha value is -1.46. The number of carbonyl (C=O) groups is 1. The molecule has 1 aromatic carbocycles. The lowest BCUT2D eigenvalue weighted by atomic mass is 9.86. The third-order valence-corrected chi connectivity index (χ3v) is 5.54. The van der Waals surface area contributed by atoms with Crippen molar-refractivity contribution in [3.8, 4) is 0 Å². The van der Waals surface area contributed by atoms with Gasteiger partial charge in [-0.05, 0) is 49.3 Å². The van der Waals surface area contributed by atoms with E-state index in [4.69, 9.17) is 0 Å². The van der Waals surface area contributed by atoms with Gasteiger partial charge in [0.1, 0.15) is 5.82 Å². The second kappa shape index (κ2) is 8.28. The summed E-state index contributed by atoms with van der Waals surface area (Å²) in [5, 5.41) is 14.0. The molecule has 0 radical (unpaired) electrons. The van der Waals surface area contributed by atoms with Gasteiger partial charge >= 0.3 is 0 Å². The molecule has 25 heavy (non-hydrogen) atoms. The number of halogens is 1. The number of hydrogen-bond donors (Lipinski definition) is 2. The van der Waals surface area contributed by atoms with Crippen LogP contribution in [0.15, 0.2) is 24.3 Å². The third-order valence-electron chi connectivity index (χ3n) is 5.54. The van der Waals surface area contributed by atoms with Crippen molar-refractivity contribution < 1.29 is 14.3 Å². The zero-order valence-electron chi connectivity index (χ0n) is 14.8. The molecule has 1 saturated carbocycles. The molecule has 1 heterocycles. The summed E-state index contributed by atoms with van der Waals surface area (Å²) >= 11 is 0. The number of benzene rings is 1. The van der Waals surface area contributed by atoms with Crippen molar-refractivity contribution in [2.75, 3.05) is 19.6 Å². The molecule has 138 valence electrons. The van der Waals surface area contributed by atoms with E-state index in [1.165, 1.54) is 44.2 Å². The van der Waals surface area contributed by atoms with E-state index >= 15 is 0 Å².